The van der Waals surface area contributed by atoms with Crippen molar-refractivity contribution >= 4 is 21.7 Å². The second-order valence-electron chi connectivity index (χ2n) is 9.31. The highest BCUT2D eigenvalue weighted by atomic mass is 35.5. The lowest BCUT2D eigenvalue weighted by atomic mass is 10.1. The molecule has 0 aliphatic rings. The number of hydrogen-bond acceptors (Lipinski definition) is 7. The molecule has 1 heterocycles. The largest absolute Gasteiger partial charge is 0.485 e. The van der Waals surface area contributed by atoms with Crippen LogP contribution >= 0.6 is 11.6 Å². The van der Waals surface area contributed by atoms with Crippen molar-refractivity contribution in [2.24, 2.45) is 0 Å². The van der Waals surface area contributed by atoms with Crippen LogP contribution in [0.25, 0.3) is 0 Å². The minimum atomic E-state index is -3.92. The van der Waals surface area contributed by atoms with Crippen molar-refractivity contribution in [1.29, 1.82) is 0 Å². The molecule has 194 valence electrons. The van der Waals surface area contributed by atoms with Crippen LogP contribution in [-0.2, 0) is 26.4 Å². The minimum absolute atomic E-state index is 0.00862. The van der Waals surface area contributed by atoms with Crippen LogP contribution in [0.2, 0.25) is 5.02 Å². The lowest BCUT2D eigenvalue weighted by molar-refractivity contribution is 0.219. The fraction of sp³-hybridized carbons (Fsp3) is 0.385. The first-order chi connectivity index (χ1) is 16.8. The van der Waals surface area contributed by atoms with Crippen LogP contribution in [0.15, 0.2) is 58.4 Å². The fourth-order valence-electron chi connectivity index (χ4n) is 3.43. The highest BCUT2D eigenvalue weighted by Crippen LogP contribution is 2.31. The number of nitrogens with zero attached hydrogens (tertiary/aromatic N) is 2. The summed E-state index contributed by atoms with van der Waals surface area (Å²) < 4.78 is 43.0. The van der Waals surface area contributed by atoms with Gasteiger partial charge in [-0.25, -0.2) is 4.68 Å². The Kier molecular flexibility index (Phi) is 8.48. The van der Waals surface area contributed by atoms with Crippen LogP contribution in [0.1, 0.15) is 57.4 Å². The zero-order valence-electron chi connectivity index (χ0n) is 21.2. The first-order valence-corrected chi connectivity index (χ1v) is 13.3. The average molecular weight is 535 g/mol. The molecule has 36 heavy (non-hydrogen) atoms. The molecule has 0 saturated heterocycles. The number of aryl methyl sites for hydroxylation is 1. The molecule has 0 aliphatic carbocycles. The van der Waals surface area contributed by atoms with Crippen molar-refractivity contribution in [3.05, 3.63) is 80.7 Å². The summed E-state index contributed by atoms with van der Waals surface area (Å²) in [6, 6.07) is 12.3. The molecule has 0 spiro atoms. The summed E-state index contributed by atoms with van der Waals surface area (Å²) in [6.45, 7) is 11.1. The van der Waals surface area contributed by atoms with Gasteiger partial charge in [-0.05, 0) is 70.4 Å². The van der Waals surface area contributed by atoms with E-state index >= 15 is 0 Å². The van der Waals surface area contributed by atoms with Gasteiger partial charge in [-0.1, -0.05) is 41.9 Å². The van der Waals surface area contributed by atoms with Gasteiger partial charge in [0.05, 0.1) is 18.3 Å². The predicted octanol–water partition coefficient (Wildman–Crippen LogP) is 5.40. The van der Waals surface area contributed by atoms with E-state index in [0.717, 1.165) is 16.7 Å². The summed E-state index contributed by atoms with van der Waals surface area (Å²) >= 11 is 6.22. The quantitative estimate of drug-likeness (QED) is 0.339. The maximum atomic E-state index is 12.5. The molecular weight excluding hydrogens is 504 g/mol. The zero-order chi connectivity index (χ0) is 26.7. The van der Waals surface area contributed by atoms with E-state index < -0.39 is 27.3 Å². The van der Waals surface area contributed by atoms with Crippen molar-refractivity contribution in [1.82, 2.24) is 9.78 Å². The molecule has 0 saturated carbocycles. The van der Waals surface area contributed by atoms with Gasteiger partial charge >= 0.3 is 10.1 Å². The Morgan fingerprint density at radius 2 is 1.75 bits per heavy atom. The molecule has 3 aromatic rings. The van der Waals surface area contributed by atoms with E-state index in [-0.39, 0.29) is 34.6 Å². The molecule has 1 aromatic heterocycles. The van der Waals surface area contributed by atoms with E-state index in [0.29, 0.717) is 0 Å². The molecule has 2 aromatic carbocycles. The van der Waals surface area contributed by atoms with Gasteiger partial charge in [-0.3, -0.25) is 8.98 Å². The Hall–Kier alpha value is -2.88. The number of hydrogen-bond donors (Lipinski definition) is 0. The van der Waals surface area contributed by atoms with Gasteiger partial charge in [0.25, 0.3) is 5.56 Å². The highest BCUT2D eigenvalue weighted by Gasteiger charge is 2.22. The molecule has 0 aliphatic heterocycles. The van der Waals surface area contributed by atoms with Crippen LogP contribution in [0, 0.1) is 6.92 Å². The Morgan fingerprint density at radius 1 is 1.08 bits per heavy atom. The summed E-state index contributed by atoms with van der Waals surface area (Å²) in [4.78, 5) is 12.5. The van der Waals surface area contributed by atoms with Gasteiger partial charge in [0.2, 0.25) is 0 Å². The van der Waals surface area contributed by atoms with Gasteiger partial charge in [-0.15, -0.1) is 0 Å². The summed E-state index contributed by atoms with van der Waals surface area (Å²) in [6.07, 6.45) is 1.01. The topological polar surface area (TPSA) is 96.7 Å². The van der Waals surface area contributed by atoms with Gasteiger partial charge in [0.1, 0.15) is 23.4 Å². The Bertz CT molecular complexity index is 1380. The number of halogens is 1. The average Bonchev–Trinajstić information content (AvgIpc) is 2.79. The summed E-state index contributed by atoms with van der Waals surface area (Å²) in [5, 5.41) is 4.15. The summed E-state index contributed by atoms with van der Waals surface area (Å²) in [5.41, 5.74) is 1.64. The van der Waals surface area contributed by atoms with Crippen LogP contribution in [0.5, 0.6) is 11.5 Å². The van der Waals surface area contributed by atoms with Crippen LogP contribution in [0.4, 0.5) is 0 Å². The molecule has 1 unspecified atom stereocenters. The van der Waals surface area contributed by atoms with Gasteiger partial charge < -0.3 is 9.47 Å². The van der Waals surface area contributed by atoms with Gasteiger partial charge in [-0.2, -0.15) is 13.5 Å². The van der Waals surface area contributed by atoms with Crippen LogP contribution < -0.4 is 15.0 Å². The first kappa shape index (κ1) is 27.7. The Morgan fingerprint density at radius 3 is 2.36 bits per heavy atom. The van der Waals surface area contributed by atoms with Crippen molar-refractivity contribution in [2.75, 3.05) is 6.61 Å². The molecule has 0 bridgehead atoms. The third-order valence-electron chi connectivity index (χ3n) is 5.31. The Balaban J connectivity index is 1.72. The smallest absolute Gasteiger partial charge is 0.300 e. The normalized spacial score (nSPS) is 12.9. The number of ether oxygens (including phenoxy) is 2. The zero-order valence-corrected chi connectivity index (χ0v) is 22.8. The fourth-order valence-corrected chi connectivity index (χ4v) is 4.64. The standard InChI is InChI=1S/C26H31ClN2O6S/c1-7-34-36(31,32)23-13-8-17(2)14-21(23)35-18(3)20-11-9-19(10-12-20)16-33-22-15-28-29(26(4,5)6)25(30)24(22)27/h8-15,18H,7,16H2,1-6H3. The van der Waals surface area contributed by atoms with E-state index in [1.807, 2.05) is 58.9 Å². The maximum Gasteiger partial charge on any atom is 0.300 e. The van der Waals surface area contributed by atoms with Crippen molar-refractivity contribution in [2.45, 2.75) is 64.7 Å². The van der Waals surface area contributed by atoms with Gasteiger partial charge in [0.15, 0.2) is 10.8 Å². The van der Waals surface area contributed by atoms with E-state index in [4.69, 9.17) is 25.3 Å². The van der Waals surface area contributed by atoms with E-state index in [1.165, 1.54) is 16.9 Å². The highest BCUT2D eigenvalue weighted by molar-refractivity contribution is 7.86. The lowest BCUT2D eigenvalue weighted by Crippen LogP contribution is -2.36. The first-order valence-electron chi connectivity index (χ1n) is 11.5. The molecule has 0 radical (unpaired) electrons. The SMILES string of the molecule is CCOS(=O)(=O)c1ccc(C)cc1OC(C)c1ccc(COc2cnn(C(C)(C)C)c(=O)c2Cl)cc1. The van der Waals surface area contributed by atoms with E-state index in [2.05, 4.69) is 5.10 Å². The molecule has 0 N–H and O–H groups in total. The summed E-state index contributed by atoms with van der Waals surface area (Å²) in [7, 11) is -3.92. The second kappa shape index (κ2) is 11.0. The molecule has 10 heteroatoms. The minimum Gasteiger partial charge on any atom is -0.485 e. The lowest BCUT2D eigenvalue weighted by Gasteiger charge is -2.21. The van der Waals surface area contributed by atoms with Crippen molar-refractivity contribution in [3.63, 3.8) is 0 Å². The second-order valence-corrected chi connectivity index (χ2v) is 11.3. The van der Waals surface area contributed by atoms with Gasteiger partial charge in [0, 0.05) is 0 Å². The number of rotatable bonds is 9. The number of aromatic nitrogens is 2. The predicted molar refractivity (Wildman–Crippen MR) is 138 cm³/mol. The number of benzene rings is 2. The van der Waals surface area contributed by atoms with Crippen LogP contribution in [0.3, 0.4) is 0 Å². The third kappa shape index (κ3) is 6.46. The van der Waals surface area contributed by atoms with Crippen molar-refractivity contribution < 1.29 is 22.1 Å². The Labute approximate surface area is 216 Å². The summed E-state index contributed by atoms with van der Waals surface area (Å²) in [5.74, 6) is 0.445. The maximum absolute atomic E-state index is 12.5. The molecule has 3 rings (SSSR count). The monoisotopic (exact) mass is 534 g/mol. The molecular formula is C26H31ClN2O6S. The third-order valence-corrected chi connectivity index (χ3v) is 7.08. The van der Waals surface area contributed by atoms with Crippen molar-refractivity contribution in [3.8, 4) is 11.5 Å². The molecule has 8 nitrogen and oxygen atoms in total. The molecule has 1 atom stereocenters. The van der Waals surface area contributed by atoms with E-state index in [1.54, 1.807) is 19.1 Å². The molecule has 0 fully saturated rings. The molecule has 0 amide bonds. The van der Waals surface area contributed by atoms with E-state index in [9.17, 15) is 13.2 Å². The van der Waals surface area contributed by atoms with Crippen LogP contribution in [-0.4, -0.2) is 24.8 Å².